The summed E-state index contributed by atoms with van der Waals surface area (Å²) < 4.78 is 25.1. The molecule has 1 fully saturated rings. The van der Waals surface area contributed by atoms with Crippen LogP contribution in [0.25, 0.3) is 33.5 Å². The van der Waals surface area contributed by atoms with E-state index in [0.717, 1.165) is 8.96 Å². The molecule has 0 bridgehead atoms. The Morgan fingerprint density at radius 3 is 2.74 bits per heavy atom. The smallest absolute Gasteiger partial charge is 0.282 e. The Labute approximate surface area is 264 Å². The number of furan rings is 1. The highest BCUT2D eigenvalue weighted by atomic mass is 127. The number of hydrogen-bond acceptors (Lipinski definition) is 8. The van der Waals surface area contributed by atoms with E-state index in [2.05, 4.69) is 27.7 Å². The Balaban J connectivity index is 1.36. The number of rotatable bonds is 8. The van der Waals surface area contributed by atoms with Gasteiger partial charge >= 0.3 is 0 Å². The van der Waals surface area contributed by atoms with Crippen LogP contribution in [-0.2, 0) is 9.53 Å². The maximum absolute atomic E-state index is 13.6. The predicted octanol–water partition coefficient (Wildman–Crippen LogP) is 5.59. The first-order chi connectivity index (χ1) is 20.9. The average molecular weight is 713 g/mol. The fourth-order valence-electron chi connectivity index (χ4n) is 4.74. The second kappa shape index (κ2) is 12.7. The SMILES string of the molecule is CCOc1cc(C=Nn2c(-c3cc4cc(Cl)ccc4o3)nc3ccccc3c2=O)cc(I)c1OCC(=O)N1CCOCC1. The number of nitrogens with zero attached hydrogens (tertiary/aromatic N) is 4. The van der Waals surface area contributed by atoms with Crippen LogP contribution in [0.5, 0.6) is 11.5 Å². The molecular weight excluding hydrogens is 687 g/mol. The Kier molecular flexibility index (Phi) is 8.63. The minimum Gasteiger partial charge on any atom is -0.490 e. The summed E-state index contributed by atoms with van der Waals surface area (Å²) in [6.45, 7) is 4.25. The second-order valence-corrected chi connectivity index (χ2v) is 11.3. The number of aromatic nitrogens is 2. The lowest BCUT2D eigenvalue weighted by molar-refractivity contribution is -0.137. The Bertz CT molecular complexity index is 1910. The number of carbonyl (C=O) groups is 1. The molecule has 5 aromatic rings. The molecule has 10 nitrogen and oxygen atoms in total. The fourth-order valence-corrected chi connectivity index (χ4v) is 5.70. The number of carbonyl (C=O) groups excluding carboxylic acids is 1. The molecule has 3 heterocycles. The van der Waals surface area contributed by atoms with Gasteiger partial charge in [0.25, 0.3) is 11.5 Å². The first kappa shape index (κ1) is 29.1. The molecule has 1 aliphatic rings. The van der Waals surface area contributed by atoms with Crippen LogP contribution < -0.4 is 15.0 Å². The fraction of sp³-hybridized carbons (Fsp3) is 0.226. The van der Waals surface area contributed by atoms with Crippen molar-refractivity contribution in [2.75, 3.05) is 39.5 Å². The molecule has 0 saturated carbocycles. The summed E-state index contributed by atoms with van der Waals surface area (Å²) in [6.07, 6.45) is 1.55. The molecule has 6 rings (SSSR count). The summed E-state index contributed by atoms with van der Waals surface area (Å²) >= 11 is 8.31. The van der Waals surface area contributed by atoms with Crippen molar-refractivity contribution in [2.45, 2.75) is 6.92 Å². The van der Waals surface area contributed by atoms with E-state index in [-0.39, 0.29) is 23.9 Å². The van der Waals surface area contributed by atoms with Crippen LogP contribution in [0, 0.1) is 3.57 Å². The van der Waals surface area contributed by atoms with Crippen LogP contribution in [0.2, 0.25) is 5.02 Å². The van der Waals surface area contributed by atoms with Gasteiger partial charge in [-0.15, -0.1) is 0 Å². The van der Waals surface area contributed by atoms with Crippen molar-refractivity contribution in [1.82, 2.24) is 14.6 Å². The van der Waals surface area contributed by atoms with E-state index >= 15 is 0 Å². The van der Waals surface area contributed by atoms with Crippen LogP contribution >= 0.6 is 34.2 Å². The number of amides is 1. The lowest BCUT2D eigenvalue weighted by atomic mass is 10.2. The van der Waals surface area contributed by atoms with Gasteiger partial charge in [-0.2, -0.15) is 9.78 Å². The van der Waals surface area contributed by atoms with Gasteiger partial charge in [0.15, 0.2) is 23.9 Å². The van der Waals surface area contributed by atoms with Gasteiger partial charge in [0.1, 0.15) is 5.58 Å². The maximum atomic E-state index is 13.6. The van der Waals surface area contributed by atoms with Crippen LogP contribution in [0.4, 0.5) is 0 Å². The monoisotopic (exact) mass is 712 g/mol. The lowest BCUT2D eigenvalue weighted by Gasteiger charge is -2.27. The summed E-state index contributed by atoms with van der Waals surface area (Å²) in [5.74, 6) is 1.43. The van der Waals surface area contributed by atoms with Crippen LogP contribution in [-0.4, -0.2) is 66.2 Å². The van der Waals surface area contributed by atoms with Gasteiger partial charge in [-0.1, -0.05) is 23.7 Å². The third-order valence-electron chi connectivity index (χ3n) is 6.81. The number of benzene rings is 3. The molecule has 0 atom stereocenters. The highest BCUT2D eigenvalue weighted by molar-refractivity contribution is 14.1. The van der Waals surface area contributed by atoms with E-state index in [9.17, 15) is 9.59 Å². The van der Waals surface area contributed by atoms with Crippen molar-refractivity contribution in [1.29, 1.82) is 0 Å². The molecule has 220 valence electrons. The number of para-hydroxylation sites is 1. The summed E-state index contributed by atoms with van der Waals surface area (Å²) in [5, 5.41) is 6.32. The quantitative estimate of drug-likeness (QED) is 0.153. The number of morpholine rings is 1. The van der Waals surface area contributed by atoms with Gasteiger partial charge in [-0.25, -0.2) is 4.98 Å². The molecule has 1 aliphatic heterocycles. The topological polar surface area (TPSA) is 108 Å². The minimum absolute atomic E-state index is 0.115. The molecule has 0 N–H and O–H groups in total. The number of hydrogen-bond donors (Lipinski definition) is 0. The van der Waals surface area contributed by atoms with Crippen molar-refractivity contribution in [3.05, 3.63) is 85.2 Å². The molecule has 3 aromatic carbocycles. The average Bonchev–Trinajstić information content (AvgIpc) is 3.43. The van der Waals surface area contributed by atoms with Crippen LogP contribution in [0.3, 0.4) is 0 Å². The number of halogens is 2. The van der Waals surface area contributed by atoms with Crippen molar-refractivity contribution >= 4 is 68.2 Å². The molecule has 1 saturated heterocycles. The Morgan fingerprint density at radius 2 is 1.93 bits per heavy atom. The molecule has 0 radical (unpaired) electrons. The largest absolute Gasteiger partial charge is 0.490 e. The van der Waals surface area contributed by atoms with Crippen LogP contribution in [0.1, 0.15) is 12.5 Å². The highest BCUT2D eigenvalue weighted by Crippen LogP contribution is 2.34. The zero-order valence-corrected chi connectivity index (χ0v) is 26.0. The van der Waals surface area contributed by atoms with E-state index in [1.165, 1.54) is 4.68 Å². The van der Waals surface area contributed by atoms with Gasteiger partial charge in [-0.05, 0) is 83.6 Å². The van der Waals surface area contributed by atoms with E-state index in [1.807, 2.05) is 19.1 Å². The van der Waals surface area contributed by atoms with E-state index in [1.54, 1.807) is 59.6 Å². The zero-order chi connectivity index (χ0) is 29.9. The molecular formula is C31H26ClIN4O6. The zero-order valence-electron chi connectivity index (χ0n) is 23.1. The standard InChI is InChI=1S/C31H26ClIN4O6/c1-2-41-26-14-19(13-23(33)29(26)42-18-28(38)36-9-11-40-12-10-36)17-34-37-30(35-24-6-4-3-5-22(24)31(37)39)27-16-20-15-21(32)7-8-25(20)43-27/h3-8,13-17H,2,9-12,18H2,1H3. The van der Waals surface area contributed by atoms with Crippen molar-refractivity contribution in [3.8, 4) is 23.1 Å². The first-order valence-electron chi connectivity index (χ1n) is 13.6. The first-order valence-corrected chi connectivity index (χ1v) is 15.1. The normalized spacial score (nSPS) is 13.7. The van der Waals surface area contributed by atoms with Gasteiger partial charge in [0.05, 0.1) is 40.5 Å². The van der Waals surface area contributed by atoms with Crippen LogP contribution in [0.15, 0.2) is 75.0 Å². The van der Waals surface area contributed by atoms with E-state index in [4.69, 9.17) is 35.2 Å². The van der Waals surface area contributed by atoms with E-state index < -0.39 is 0 Å². The van der Waals surface area contributed by atoms with Gasteiger partial charge < -0.3 is 23.5 Å². The van der Waals surface area contributed by atoms with Gasteiger partial charge in [-0.3, -0.25) is 9.59 Å². The molecule has 1 amide bonds. The van der Waals surface area contributed by atoms with Gasteiger partial charge in [0.2, 0.25) is 5.82 Å². The minimum atomic E-state index is -0.350. The van der Waals surface area contributed by atoms with Crippen molar-refractivity contribution < 1.29 is 23.4 Å². The number of fused-ring (bicyclic) bond motifs is 2. The molecule has 0 aliphatic carbocycles. The molecule has 12 heteroatoms. The van der Waals surface area contributed by atoms with Crippen molar-refractivity contribution in [3.63, 3.8) is 0 Å². The third-order valence-corrected chi connectivity index (χ3v) is 7.85. The predicted molar refractivity (Wildman–Crippen MR) is 172 cm³/mol. The summed E-state index contributed by atoms with van der Waals surface area (Å²) in [7, 11) is 0. The Morgan fingerprint density at radius 1 is 1.12 bits per heavy atom. The van der Waals surface area contributed by atoms with Crippen molar-refractivity contribution in [2.24, 2.45) is 5.10 Å². The molecule has 2 aromatic heterocycles. The summed E-state index contributed by atoms with van der Waals surface area (Å²) in [6, 6.07) is 17.7. The maximum Gasteiger partial charge on any atom is 0.282 e. The second-order valence-electron chi connectivity index (χ2n) is 9.65. The summed E-state index contributed by atoms with van der Waals surface area (Å²) in [4.78, 5) is 32.7. The number of ether oxygens (including phenoxy) is 3. The molecule has 43 heavy (non-hydrogen) atoms. The van der Waals surface area contributed by atoms with Gasteiger partial charge in [0, 0.05) is 23.5 Å². The molecule has 0 spiro atoms. The summed E-state index contributed by atoms with van der Waals surface area (Å²) in [5.41, 5.74) is 1.43. The molecule has 0 unspecified atom stereocenters. The van der Waals surface area contributed by atoms with E-state index in [0.29, 0.717) is 77.2 Å². The lowest BCUT2D eigenvalue weighted by Crippen LogP contribution is -2.43. The Hall–Kier alpha value is -3.94. The third kappa shape index (κ3) is 6.24. The highest BCUT2D eigenvalue weighted by Gasteiger charge is 2.20.